The van der Waals surface area contributed by atoms with Crippen molar-refractivity contribution in [2.24, 2.45) is 11.8 Å². The van der Waals surface area contributed by atoms with Crippen LogP contribution in [0.1, 0.15) is 66.4 Å². The van der Waals surface area contributed by atoms with E-state index >= 15 is 0 Å². The summed E-state index contributed by atoms with van der Waals surface area (Å²) in [5, 5.41) is 2.97. The van der Waals surface area contributed by atoms with E-state index in [4.69, 9.17) is 33.2 Å². The highest BCUT2D eigenvalue weighted by Crippen LogP contribution is 2.30. The molecule has 12 heteroatoms. The highest BCUT2D eigenvalue weighted by Gasteiger charge is 2.22. The highest BCUT2D eigenvalue weighted by atomic mass is 16.7. The van der Waals surface area contributed by atoms with Crippen LogP contribution in [0.25, 0.3) is 0 Å². The van der Waals surface area contributed by atoms with E-state index in [9.17, 15) is 19.2 Å². The van der Waals surface area contributed by atoms with Gasteiger partial charge in [0.25, 0.3) is 0 Å². The summed E-state index contributed by atoms with van der Waals surface area (Å²) in [6.07, 6.45) is -0.906. The van der Waals surface area contributed by atoms with Crippen molar-refractivity contribution in [3.63, 3.8) is 0 Å². The van der Waals surface area contributed by atoms with Crippen molar-refractivity contribution in [2.45, 2.75) is 79.4 Å². The Balaban J connectivity index is 2.95. The zero-order chi connectivity index (χ0) is 30.8. The molecule has 0 spiro atoms. The summed E-state index contributed by atoms with van der Waals surface area (Å²) < 4.78 is 35.8. The van der Waals surface area contributed by atoms with Gasteiger partial charge in [-0.15, -0.1) is 0 Å². The van der Waals surface area contributed by atoms with Gasteiger partial charge < -0.3 is 38.5 Å². The van der Waals surface area contributed by atoms with Crippen LogP contribution in [0.2, 0.25) is 0 Å². The van der Waals surface area contributed by atoms with Crippen LogP contribution >= 0.6 is 0 Å². The Kier molecular flexibility index (Phi) is 16.9. The van der Waals surface area contributed by atoms with Crippen LogP contribution in [-0.2, 0) is 34.9 Å². The first-order valence-corrected chi connectivity index (χ1v) is 13.9. The van der Waals surface area contributed by atoms with E-state index in [0.717, 1.165) is 0 Å². The van der Waals surface area contributed by atoms with E-state index in [2.05, 4.69) is 5.32 Å². The Hall–Kier alpha value is -3.54. The maximum atomic E-state index is 12.4. The van der Waals surface area contributed by atoms with Gasteiger partial charge in [-0.05, 0) is 62.1 Å². The minimum atomic E-state index is -0.968. The molecule has 12 nitrogen and oxygen atoms in total. The van der Waals surface area contributed by atoms with Crippen molar-refractivity contribution < 1.29 is 52.3 Å². The molecule has 1 N–H and O–H groups in total. The predicted octanol–water partition coefficient (Wildman–Crippen LogP) is 5.44. The predicted molar refractivity (Wildman–Crippen MR) is 149 cm³/mol. The normalized spacial score (nSPS) is 12.3. The number of rotatable bonds is 17. The van der Waals surface area contributed by atoms with Gasteiger partial charge in [-0.25, -0.2) is 14.4 Å². The summed E-state index contributed by atoms with van der Waals surface area (Å²) in [5.74, 6) is -0.0401. The number of nitrogens with one attached hydrogen (secondary N) is 1. The minimum Gasteiger partial charge on any atom is -0.468 e. The lowest BCUT2D eigenvalue weighted by Crippen LogP contribution is -2.41. The lowest BCUT2D eigenvalue weighted by molar-refractivity contribution is -0.143. The fourth-order valence-electron chi connectivity index (χ4n) is 3.10. The molecular formula is C29H45NO11. The number of carbonyl (C=O) groups is 4. The van der Waals surface area contributed by atoms with Crippen LogP contribution in [0.4, 0.5) is 14.4 Å². The molecule has 0 bridgehead atoms. The molecule has 41 heavy (non-hydrogen) atoms. The third kappa shape index (κ3) is 15.7. The van der Waals surface area contributed by atoms with Crippen molar-refractivity contribution in [3.05, 3.63) is 23.8 Å². The van der Waals surface area contributed by atoms with Crippen molar-refractivity contribution in [1.82, 2.24) is 5.32 Å². The summed E-state index contributed by atoms with van der Waals surface area (Å²) in [7, 11) is 1.25. The third-order valence-corrected chi connectivity index (χ3v) is 5.74. The van der Waals surface area contributed by atoms with Gasteiger partial charge in [-0.1, -0.05) is 40.7 Å². The van der Waals surface area contributed by atoms with Gasteiger partial charge in [0.1, 0.15) is 18.8 Å². The van der Waals surface area contributed by atoms with Gasteiger partial charge in [0.05, 0.1) is 20.3 Å². The molecular weight excluding hydrogens is 538 g/mol. The molecule has 1 aromatic carbocycles. The smallest absolute Gasteiger partial charge is 0.468 e. The fourth-order valence-corrected chi connectivity index (χ4v) is 3.10. The van der Waals surface area contributed by atoms with E-state index in [1.807, 2.05) is 34.6 Å². The van der Waals surface area contributed by atoms with Gasteiger partial charge in [-0.2, -0.15) is 0 Å². The lowest BCUT2D eigenvalue weighted by atomic mass is 10.1. The maximum absolute atomic E-state index is 12.4. The number of hydrogen-bond donors (Lipinski definition) is 1. The zero-order valence-corrected chi connectivity index (χ0v) is 25.2. The zero-order valence-electron chi connectivity index (χ0n) is 25.2. The Morgan fingerprint density at radius 3 is 1.88 bits per heavy atom. The van der Waals surface area contributed by atoms with Crippen LogP contribution in [0.5, 0.6) is 11.5 Å². The Morgan fingerprint density at radius 2 is 1.34 bits per heavy atom. The van der Waals surface area contributed by atoms with Gasteiger partial charge in [0.2, 0.25) is 0 Å². The standard InChI is InChI=1S/C29H45NO11/c1-8-21(6)39-27(32)38-16-13-30-23(26(31)35-7)17-22-9-10-24(40-28(33)36-14-11-19(2)3)25(18-22)41-29(34)37-15-12-20(4)5/h9-10,18-21,23,30H,8,11-17H2,1-7H3/t21?,23-/m0/s1. The van der Waals surface area contributed by atoms with Crippen LogP contribution in [0.3, 0.4) is 0 Å². The van der Waals surface area contributed by atoms with Crippen LogP contribution < -0.4 is 14.8 Å². The quantitative estimate of drug-likeness (QED) is 0.108. The number of ether oxygens (including phenoxy) is 7. The van der Waals surface area contributed by atoms with E-state index in [0.29, 0.717) is 36.7 Å². The van der Waals surface area contributed by atoms with E-state index in [1.54, 1.807) is 13.0 Å². The van der Waals surface area contributed by atoms with E-state index in [1.165, 1.54) is 19.2 Å². The fraction of sp³-hybridized carbons (Fsp3) is 0.655. The average Bonchev–Trinajstić information content (AvgIpc) is 2.90. The largest absolute Gasteiger partial charge is 0.513 e. The minimum absolute atomic E-state index is 0.0367. The molecule has 232 valence electrons. The monoisotopic (exact) mass is 583 g/mol. The van der Waals surface area contributed by atoms with Gasteiger partial charge in [0, 0.05) is 6.54 Å². The Morgan fingerprint density at radius 1 is 0.780 bits per heavy atom. The molecule has 0 heterocycles. The van der Waals surface area contributed by atoms with Gasteiger partial charge in [-0.3, -0.25) is 4.79 Å². The topological polar surface area (TPSA) is 145 Å². The van der Waals surface area contributed by atoms with E-state index < -0.39 is 30.5 Å². The summed E-state index contributed by atoms with van der Waals surface area (Å²) in [4.78, 5) is 48.7. The van der Waals surface area contributed by atoms with Crippen molar-refractivity contribution in [2.75, 3.05) is 33.5 Å². The molecule has 1 unspecified atom stereocenters. The highest BCUT2D eigenvalue weighted by molar-refractivity contribution is 5.76. The lowest BCUT2D eigenvalue weighted by Gasteiger charge is -2.18. The summed E-state index contributed by atoms with van der Waals surface area (Å²) in [5.41, 5.74) is 0.551. The van der Waals surface area contributed by atoms with Gasteiger partial charge in [0.15, 0.2) is 11.5 Å². The number of hydrogen-bond acceptors (Lipinski definition) is 12. The van der Waals surface area contributed by atoms with Crippen LogP contribution in [-0.4, -0.2) is 70.1 Å². The second-order valence-corrected chi connectivity index (χ2v) is 10.2. The van der Waals surface area contributed by atoms with E-state index in [-0.39, 0.29) is 50.4 Å². The molecule has 0 aliphatic rings. The van der Waals surface area contributed by atoms with Crippen molar-refractivity contribution >= 4 is 24.4 Å². The molecule has 0 fully saturated rings. The summed E-state index contributed by atoms with van der Waals surface area (Å²) in [6, 6.07) is 3.66. The first kappa shape index (κ1) is 35.5. The molecule has 1 rings (SSSR count). The Bertz CT molecular complexity index is 964. The molecule has 0 aliphatic heterocycles. The maximum Gasteiger partial charge on any atom is 0.513 e. The molecule has 0 saturated heterocycles. The first-order chi connectivity index (χ1) is 19.4. The molecule has 0 aliphatic carbocycles. The van der Waals surface area contributed by atoms with Crippen molar-refractivity contribution in [3.8, 4) is 11.5 Å². The summed E-state index contributed by atoms with van der Waals surface area (Å²) >= 11 is 0. The first-order valence-electron chi connectivity index (χ1n) is 13.9. The summed E-state index contributed by atoms with van der Waals surface area (Å²) in [6.45, 7) is 12.0. The van der Waals surface area contributed by atoms with Crippen LogP contribution in [0, 0.1) is 11.8 Å². The second kappa shape index (κ2) is 19.5. The molecule has 0 amide bonds. The molecule has 1 aromatic rings. The SMILES string of the molecule is CCC(C)OC(=O)OCCN[C@@H](Cc1ccc(OC(=O)OCCC(C)C)c(OC(=O)OCCC(C)C)c1)C(=O)OC. The number of benzene rings is 1. The van der Waals surface area contributed by atoms with Crippen LogP contribution in [0.15, 0.2) is 18.2 Å². The Labute approximate surface area is 242 Å². The number of esters is 1. The number of carbonyl (C=O) groups excluding carboxylic acids is 4. The average molecular weight is 584 g/mol. The van der Waals surface area contributed by atoms with Gasteiger partial charge >= 0.3 is 24.4 Å². The molecule has 2 atom stereocenters. The van der Waals surface area contributed by atoms with Crippen molar-refractivity contribution in [1.29, 1.82) is 0 Å². The molecule has 0 radical (unpaired) electrons. The second-order valence-electron chi connectivity index (χ2n) is 10.2. The number of methoxy groups -OCH3 is 1. The molecule has 0 saturated carbocycles. The third-order valence-electron chi connectivity index (χ3n) is 5.74. The molecule has 0 aromatic heterocycles.